The standard InChI is InChI=1S/C16H18N2O4/c1-3-16(4-2)11-7-5-6-8-12(11)17-15(22-16)13-9-10-14(21-13)18(19)20/h5-10,15,17H,3-4H2,1-2H3/t15-/m1/s1. The van der Waals surface area contributed by atoms with Gasteiger partial charge in [-0.25, -0.2) is 0 Å². The van der Waals surface area contributed by atoms with Gasteiger partial charge in [0.15, 0.2) is 12.0 Å². The van der Waals surface area contributed by atoms with Gasteiger partial charge in [-0.2, -0.15) is 0 Å². The number of hydrogen-bond acceptors (Lipinski definition) is 5. The van der Waals surface area contributed by atoms with Crippen LogP contribution in [0.4, 0.5) is 11.6 Å². The number of nitro groups is 1. The molecule has 2 heterocycles. The zero-order valence-corrected chi connectivity index (χ0v) is 12.5. The van der Waals surface area contributed by atoms with E-state index in [2.05, 4.69) is 25.2 Å². The van der Waals surface area contributed by atoms with Gasteiger partial charge in [-0.15, -0.1) is 0 Å². The van der Waals surface area contributed by atoms with Crippen molar-refractivity contribution >= 4 is 11.6 Å². The third-order valence-corrected chi connectivity index (χ3v) is 4.24. The third kappa shape index (κ3) is 2.25. The van der Waals surface area contributed by atoms with E-state index in [1.807, 2.05) is 18.2 Å². The minimum absolute atomic E-state index is 0.280. The number of benzene rings is 1. The van der Waals surface area contributed by atoms with E-state index < -0.39 is 16.8 Å². The summed E-state index contributed by atoms with van der Waals surface area (Å²) in [5, 5.41) is 14.0. The predicted molar refractivity (Wildman–Crippen MR) is 81.5 cm³/mol. The Morgan fingerprint density at radius 1 is 1.23 bits per heavy atom. The maximum atomic E-state index is 10.8. The molecule has 0 saturated heterocycles. The molecule has 1 aliphatic heterocycles. The fourth-order valence-electron chi connectivity index (χ4n) is 2.97. The molecule has 0 amide bonds. The van der Waals surface area contributed by atoms with Crippen LogP contribution in [0.1, 0.15) is 44.2 Å². The molecule has 0 spiro atoms. The number of fused-ring (bicyclic) bond motifs is 1. The van der Waals surface area contributed by atoms with Crippen LogP contribution in [0.3, 0.4) is 0 Å². The summed E-state index contributed by atoms with van der Waals surface area (Å²) < 4.78 is 11.5. The van der Waals surface area contributed by atoms with Crippen molar-refractivity contribution in [2.24, 2.45) is 0 Å². The molecule has 1 aromatic carbocycles. The van der Waals surface area contributed by atoms with Crippen LogP contribution >= 0.6 is 0 Å². The largest absolute Gasteiger partial charge is 0.433 e. The molecular weight excluding hydrogens is 284 g/mol. The van der Waals surface area contributed by atoms with E-state index in [1.54, 1.807) is 6.07 Å². The summed E-state index contributed by atoms with van der Waals surface area (Å²) in [5.74, 6) is 0.130. The van der Waals surface area contributed by atoms with Gasteiger partial charge in [0, 0.05) is 11.3 Å². The fourth-order valence-corrected chi connectivity index (χ4v) is 2.97. The molecule has 0 fully saturated rings. The summed E-state index contributed by atoms with van der Waals surface area (Å²) in [5.41, 5.74) is 1.66. The molecule has 6 nitrogen and oxygen atoms in total. The summed E-state index contributed by atoms with van der Waals surface area (Å²) in [6.07, 6.45) is 1.08. The van der Waals surface area contributed by atoms with Crippen LogP contribution < -0.4 is 5.32 Å². The van der Waals surface area contributed by atoms with Crippen LogP contribution in [0.5, 0.6) is 0 Å². The normalized spacial score (nSPS) is 19.3. The first-order chi connectivity index (χ1) is 10.6. The van der Waals surface area contributed by atoms with E-state index in [4.69, 9.17) is 9.15 Å². The van der Waals surface area contributed by atoms with Crippen LogP contribution in [-0.4, -0.2) is 4.92 Å². The summed E-state index contributed by atoms with van der Waals surface area (Å²) >= 11 is 0. The monoisotopic (exact) mass is 302 g/mol. The molecule has 0 aliphatic carbocycles. The Morgan fingerprint density at radius 3 is 2.59 bits per heavy atom. The van der Waals surface area contributed by atoms with Gasteiger partial charge in [0.05, 0.1) is 11.7 Å². The van der Waals surface area contributed by atoms with Crippen LogP contribution in [-0.2, 0) is 10.3 Å². The number of nitrogens with zero attached hydrogens (tertiary/aromatic N) is 1. The first-order valence-corrected chi connectivity index (χ1v) is 7.37. The van der Waals surface area contributed by atoms with Crippen LogP contribution in [0.15, 0.2) is 40.8 Å². The van der Waals surface area contributed by atoms with Gasteiger partial charge in [-0.1, -0.05) is 32.0 Å². The first kappa shape index (κ1) is 14.6. The molecule has 1 N–H and O–H groups in total. The number of anilines is 1. The van der Waals surface area contributed by atoms with Crippen molar-refractivity contribution < 1.29 is 14.1 Å². The SMILES string of the molecule is CCC1(CC)O[C@H](c2ccc([N+](=O)[O-])o2)Nc2ccccc21. The van der Waals surface area contributed by atoms with E-state index in [0.29, 0.717) is 5.76 Å². The van der Waals surface area contributed by atoms with Gasteiger partial charge in [-0.05, 0) is 25.0 Å². The van der Waals surface area contributed by atoms with E-state index in [9.17, 15) is 10.1 Å². The summed E-state index contributed by atoms with van der Waals surface area (Å²) in [6.45, 7) is 4.15. The quantitative estimate of drug-likeness (QED) is 0.671. The Kier molecular flexibility index (Phi) is 3.62. The smallest absolute Gasteiger partial charge is 0.401 e. The highest BCUT2D eigenvalue weighted by molar-refractivity contribution is 5.56. The lowest BCUT2D eigenvalue weighted by Crippen LogP contribution is -2.37. The molecule has 2 aromatic rings. The molecule has 3 rings (SSSR count). The minimum Gasteiger partial charge on any atom is -0.401 e. The molecule has 116 valence electrons. The van der Waals surface area contributed by atoms with Crippen LogP contribution in [0.25, 0.3) is 0 Å². The fraction of sp³-hybridized carbons (Fsp3) is 0.375. The van der Waals surface area contributed by atoms with E-state index >= 15 is 0 Å². The van der Waals surface area contributed by atoms with Gasteiger partial charge in [0.25, 0.3) is 0 Å². The molecular formula is C16H18N2O4. The van der Waals surface area contributed by atoms with Crippen molar-refractivity contribution in [2.45, 2.75) is 38.5 Å². The predicted octanol–water partition coefficient (Wildman–Crippen LogP) is 4.34. The second-order valence-corrected chi connectivity index (χ2v) is 5.32. The maximum Gasteiger partial charge on any atom is 0.433 e. The lowest BCUT2D eigenvalue weighted by molar-refractivity contribution is -0.402. The van der Waals surface area contributed by atoms with Crippen molar-refractivity contribution in [2.75, 3.05) is 5.32 Å². The molecule has 6 heteroatoms. The minimum atomic E-state index is -0.548. The van der Waals surface area contributed by atoms with Crippen molar-refractivity contribution in [1.29, 1.82) is 0 Å². The average molecular weight is 302 g/mol. The Balaban J connectivity index is 2.01. The highest BCUT2D eigenvalue weighted by Crippen LogP contribution is 2.46. The Bertz CT molecular complexity index is 691. The Labute approximate surface area is 128 Å². The average Bonchev–Trinajstić information content (AvgIpc) is 3.04. The summed E-state index contributed by atoms with van der Waals surface area (Å²) in [6, 6.07) is 10.9. The van der Waals surface area contributed by atoms with Gasteiger partial charge in [0.2, 0.25) is 0 Å². The number of nitrogens with one attached hydrogen (secondary N) is 1. The molecule has 1 atom stereocenters. The molecule has 0 radical (unpaired) electrons. The van der Waals surface area contributed by atoms with Crippen LogP contribution in [0, 0.1) is 10.1 Å². The van der Waals surface area contributed by atoms with Crippen molar-refractivity contribution in [3.05, 3.63) is 57.8 Å². The van der Waals surface area contributed by atoms with Crippen molar-refractivity contribution in [1.82, 2.24) is 0 Å². The number of para-hydroxylation sites is 1. The van der Waals surface area contributed by atoms with E-state index in [-0.39, 0.29) is 5.88 Å². The molecule has 0 bridgehead atoms. The molecule has 1 aromatic heterocycles. The number of furan rings is 1. The number of rotatable bonds is 4. The van der Waals surface area contributed by atoms with Crippen molar-refractivity contribution in [3.63, 3.8) is 0 Å². The summed E-state index contributed by atoms with van der Waals surface area (Å²) in [7, 11) is 0. The number of ether oxygens (including phenoxy) is 1. The molecule has 0 saturated carbocycles. The van der Waals surface area contributed by atoms with Gasteiger partial charge in [0.1, 0.15) is 4.92 Å². The Morgan fingerprint density at radius 2 is 1.95 bits per heavy atom. The van der Waals surface area contributed by atoms with Crippen molar-refractivity contribution in [3.8, 4) is 0 Å². The first-order valence-electron chi connectivity index (χ1n) is 7.37. The van der Waals surface area contributed by atoms with Crippen LogP contribution in [0.2, 0.25) is 0 Å². The highest BCUT2D eigenvalue weighted by Gasteiger charge is 2.40. The van der Waals surface area contributed by atoms with E-state index in [0.717, 1.165) is 24.1 Å². The third-order valence-electron chi connectivity index (χ3n) is 4.24. The van der Waals surface area contributed by atoms with E-state index in [1.165, 1.54) is 6.07 Å². The lowest BCUT2D eigenvalue weighted by Gasteiger charge is -2.42. The topological polar surface area (TPSA) is 77.5 Å². The van der Waals surface area contributed by atoms with Gasteiger partial charge < -0.3 is 14.5 Å². The maximum absolute atomic E-state index is 10.8. The lowest BCUT2D eigenvalue weighted by atomic mass is 9.85. The molecule has 0 unspecified atom stereocenters. The molecule has 1 aliphatic rings. The number of hydrogen-bond donors (Lipinski definition) is 1. The summed E-state index contributed by atoms with van der Waals surface area (Å²) in [4.78, 5) is 10.2. The van der Waals surface area contributed by atoms with Gasteiger partial charge in [-0.3, -0.25) is 10.1 Å². The second-order valence-electron chi connectivity index (χ2n) is 5.32. The molecule has 22 heavy (non-hydrogen) atoms. The zero-order valence-electron chi connectivity index (χ0n) is 12.5. The van der Waals surface area contributed by atoms with Gasteiger partial charge >= 0.3 is 5.88 Å². The zero-order chi connectivity index (χ0) is 15.7. The second kappa shape index (κ2) is 5.46. The Hall–Kier alpha value is -2.34. The highest BCUT2D eigenvalue weighted by atomic mass is 16.7.